The molecule has 0 aliphatic carbocycles. The van der Waals surface area contributed by atoms with Gasteiger partial charge in [-0.2, -0.15) is 0 Å². The molecule has 1 rings (SSSR count). The van der Waals surface area contributed by atoms with Crippen LogP contribution in [0.15, 0.2) is 0 Å². The smallest absolute Gasteiger partial charge is 0.0708 e. The largest absolute Gasteiger partial charge is 0.390 e. The van der Waals surface area contributed by atoms with Crippen LogP contribution in [0, 0.1) is 0 Å². The third-order valence-electron chi connectivity index (χ3n) is 2.41. The number of hydrogen-bond donors (Lipinski definition) is 2. The van der Waals surface area contributed by atoms with Gasteiger partial charge in [-0.05, 0) is 26.8 Å². The Bertz CT molecular complexity index is 139. The summed E-state index contributed by atoms with van der Waals surface area (Å²) in [5.74, 6) is 0. The lowest BCUT2D eigenvalue weighted by molar-refractivity contribution is -0.133. The van der Waals surface area contributed by atoms with E-state index >= 15 is 0 Å². The van der Waals surface area contributed by atoms with Crippen molar-refractivity contribution >= 4 is 0 Å². The van der Waals surface area contributed by atoms with Gasteiger partial charge in [-0.15, -0.1) is 0 Å². The number of ether oxygens (including phenoxy) is 1. The maximum atomic E-state index is 10.1. The van der Waals surface area contributed by atoms with Crippen LogP contribution in [0.25, 0.3) is 0 Å². The molecular weight excluding hydrogens is 154 g/mol. The fourth-order valence-electron chi connectivity index (χ4n) is 2.12. The molecule has 0 aromatic carbocycles. The van der Waals surface area contributed by atoms with E-state index in [1.54, 1.807) is 0 Å². The minimum atomic E-state index is -0.578. The van der Waals surface area contributed by atoms with Gasteiger partial charge in [0.25, 0.3) is 0 Å². The minimum Gasteiger partial charge on any atom is -0.390 e. The van der Waals surface area contributed by atoms with Crippen LogP contribution >= 0.6 is 0 Å². The average molecular weight is 173 g/mol. The second-order valence-electron chi connectivity index (χ2n) is 3.93. The topological polar surface area (TPSA) is 55.5 Å². The van der Waals surface area contributed by atoms with Gasteiger partial charge in [0.1, 0.15) is 0 Å². The fraction of sp³-hybridized carbons (Fsp3) is 1.00. The molecule has 0 aromatic rings. The zero-order valence-electron chi connectivity index (χ0n) is 7.92. The van der Waals surface area contributed by atoms with Crippen LogP contribution in [0.1, 0.15) is 33.1 Å². The lowest BCUT2D eigenvalue weighted by Gasteiger charge is -2.39. The maximum Gasteiger partial charge on any atom is 0.0708 e. The molecule has 0 aromatic heterocycles. The molecule has 3 atom stereocenters. The van der Waals surface area contributed by atoms with Crippen molar-refractivity contribution in [1.82, 2.24) is 0 Å². The number of aliphatic hydroxyl groups is 1. The summed E-state index contributed by atoms with van der Waals surface area (Å²) in [5.41, 5.74) is 4.86. The predicted molar refractivity (Wildman–Crippen MR) is 47.9 cm³/mol. The molecule has 1 fully saturated rings. The Morgan fingerprint density at radius 3 is 2.33 bits per heavy atom. The Balaban J connectivity index is 2.52. The highest BCUT2D eigenvalue weighted by molar-refractivity contribution is 4.87. The van der Waals surface area contributed by atoms with Crippen molar-refractivity contribution in [2.24, 2.45) is 5.73 Å². The van der Waals surface area contributed by atoms with Crippen molar-refractivity contribution in [3.63, 3.8) is 0 Å². The predicted octanol–water partition coefficient (Wildman–Crippen LogP) is 0.654. The van der Waals surface area contributed by atoms with Gasteiger partial charge in [-0.25, -0.2) is 0 Å². The molecule has 0 spiro atoms. The highest BCUT2D eigenvalue weighted by atomic mass is 16.5. The summed E-state index contributed by atoms with van der Waals surface area (Å²) in [6.07, 6.45) is 2.43. The lowest BCUT2D eigenvalue weighted by atomic mass is 9.85. The van der Waals surface area contributed by atoms with Gasteiger partial charge in [-0.3, -0.25) is 0 Å². The molecule has 1 unspecified atom stereocenters. The maximum absolute atomic E-state index is 10.1. The molecular formula is C9H19NO2. The SMILES string of the molecule is C[C@@H]1CC(O)(CCN)C[C@H](C)O1. The first-order valence-corrected chi connectivity index (χ1v) is 4.64. The summed E-state index contributed by atoms with van der Waals surface area (Å²) in [4.78, 5) is 0. The van der Waals surface area contributed by atoms with Gasteiger partial charge < -0.3 is 15.6 Å². The standard InChI is InChI=1S/C9H19NO2/c1-7-5-9(11,3-4-10)6-8(2)12-7/h7-8,11H,3-6,10H2,1-2H3/t7-,8+,9?. The third kappa shape index (κ3) is 2.44. The molecule has 12 heavy (non-hydrogen) atoms. The molecule has 0 saturated carbocycles. The Kier molecular flexibility index (Phi) is 3.09. The molecule has 1 saturated heterocycles. The summed E-state index contributed by atoms with van der Waals surface area (Å²) in [6, 6.07) is 0. The first-order chi connectivity index (χ1) is 5.56. The number of hydrogen-bond acceptors (Lipinski definition) is 3. The summed E-state index contributed by atoms with van der Waals surface area (Å²) in [7, 11) is 0. The average Bonchev–Trinajstić information content (AvgIpc) is 1.82. The van der Waals surface area contributed by atoms with E-state index in [2.05, 4.69) is 0 Å². The highest BCUT2D eigenvalue weighted by Gasteiger charge is 2.35. The Morgan fingerprint density at radius 2 is 1.92 bits per heavy atom. The van der Waals surface area contributed by atoms with Crippen LogP contribution in [0.4, 0.5) is 0 Å². The van der Waals surface area contributed by atoms with Gasteiger partial charge in [0.05, 0.1) is 17.8 Å². The first-order valence-electron chi connectivity index (χ1n) is 4.64. The van der Waals surface area contributed by atoms with Crippen molar-refractivity contribution in [1.29, 1.82) is 0 Å². The van der Waals surface area contributed by atoms with E-state index in [9.17, 15) is 5.11 Å². The van der Waals surface area contributed by atoms with E-state index in [4.69, 9.17) is 10.5 Å². The quantitative estimate of drug-likeness (QED) is 0.644. The molecule has 0 radical (unpaired) electrons. The van der Waals surface area contributed by atoms with Gasteiger partial charge in [0, 0.05) is 12.8 Å². The van der Waals surface area contributed by atoms with Crippen molar-refractivity contribution in [2.75, 3.05) is 6.54 Å². The first kappa shape index (κ1) is 9.96. The van der Waals surface area contributed by atoms with Crippen LogP contribution in [-0.4, -0.2) is 29.5 Å². The van der Waals surface area contributed by atoms with Crippen molar-refractivity contribution in [3.05, 3.63) is 0 Å². The van der Waals surface area contributed by atoms with Crippen molar-refractivity contribution < 1.29 is 9.84 Å². The summed E-state index contributed by atoms with van der Waals surface area (Å²) >= 11 is 0. The monoisotopic (exact) mass is 173 g/mol. The molecule has 0 bridgehead atoms. The van der Waals surface area contributed by atoms with Gasteiger partial charge >= 0.3 is 0 Å². The molecule has 1 heterocycles. The summed E-state index contributed by atoms with van der Waals surface area (Å²) in [5, 5.41) is 10.1. The van der Waals surface area contributed by atoms with E-state index in [-0.39, 0.29) is 12.2 Å². The lowest BCUT2D eigenvalue weighted by Crippen LogP contribution is -2.44. The van der Waals surface area contributed by atoms with Gasteiger partial charge in [0.2, 0.25) is 0 Å². The highest BCUT2D eigenvalue weighted by Crippen LogP contribution is 2.30. The third-order valence-corrected chi connectivity index (χ3v) is 2.41. The van der Waals surface area contributed by atoms with Crippen LogP contribution in [0.3, 0.4) is 0 Å². The van der Waals surface area contributed by atoms with Gasteiger partial charge in [-0.1, -0.05) is 0 Å². The molecule has 1 aliphatic heterocycles. The Labute approximate surface area is 73.9 Å². The molecule has 3 N–H and O–H groups in total. The molecule has 3 nitrogen and oxygen atoms in total. The van der Waals surface area contributed by atoms with Crippen LogP contribution in [0.5, 0.6) is 0 Å². The van der Waals surface area contributed by atoms with Crippen molar-refractivity contribution in [3.8, 4) is 0 Å². The second kappa shape index (κ2) is 3.73. The number of nitrogens with two attached hydrogens (primary N) is 1. The zero-order valence-corrected chi connectivity index (χ0v) is 7.92. The molecule has 1 aliphatic rings. The van der Waals surface area contributed by atoms with E-state index < -0.39 is 5.60 Å². The zero-order chi connectivity index (χ0) is 9.19. The van der Waals surface area contributed by atoms with Crippen LogP contribution < -0.4 is 5.73 Å². The molecule has 72 valence electrons. The van der Waals surface area contributed by atoms with E-state index in [1.165, 1.54) is 0 Å². The van der Waals surface area contributed by atoms with Crippen molar-refractivity contribution in [2.45, 2.75) is 50.9 Å². The number of rotatable bonds is 2. The minimum absolute atomic E-state index is 0.158. The Morgan fingerprint density at radius 1 is 1.42 bits per heavy atom. The summed E-state index contributed by atoms with van der Waals surface area (Å²) in [6.45, 7) is 4.55. The van der Waals surface area contributed by atoms with E-state index in [1.807, 2.05) is 13.8 Å². The molecule has 0 amide bonds. The van der Waals surface area contributed by atoms with E-state index in [0.29, 0.717) is 25.8 Å². The fourth-order valence-corrected chi connectivity index (χ4v) is 2.12. The second-order valence-corrected chi connectivity index (χ2v) is 3.93. The molecule has 3 heteroatoms. The normalized spacial score (nSPS) is 43.0. The summed E-state index contributed by atoms with van der Waals surface area (Å²) < 4.78 is 5.53. The Hall–Kier alpha value is -0.120. The van der Waals surface area contributed by atoms with Crippen LogP contribution in [0.2, 0.25) is 0 Å². The van der Waals surface area contributed by atoms with Gasteiger partial charge in [0.15, 0.2) is 0 Å². The van der Waals surface area contributed by atoms with Crippen LogP contribution in [-0.2, 0) is 4.74 Å². The van der Waals surface area contributed by atoms with E-state index in [0.717, 1.165) is 0 Å².